The quantitative estimate of drug-likeness (QED) is 0.899. The molecule has 4 heteroatoms. The lowest BCUT2D eigenvalue weighted by molar-refractivity contribution is 0.0576. The third-order valence-electron chi connectivity index (χ3n) is 3.88. The van der Waals surface area contributed by atoms with E-state index in [-0.39, 0.29) is 0 Å². The molecule has 1 fully saturated rings. The molecule has 4 nitrogen and oxygen atoms in total. The van der Waals surface area contributed by atoms with Crippen LogP contribution < -0.4 is 9.64 Å². The lowest BCUT2D eigenvalue weighted by Crippen LogP contribution is -2.31. The highest BCUT2D eigenvalue weighted by Crippen LogP contribution is 2.34. The van der Waals surface area contributed by atoms with Crippen LogP contribution in [0.2, 0.25) is 0 Å². The number of nitrogens with zero attached hydrogens (tertiary/aromatic N) is 1. The first kappa shape index (κ1) is 15.1. The first-order valence-corrected chi connectivity index (χ1v) is 7.27. The van der Waals surface area contributed by atoms with E-state index in [1.165, 1.54) is 6.42 Å². The van der Waals surface area contributed by atoms with Gasteiger partial charge in [-0.1, -0.05) is 6.07 Å². The summed E-state index contributed by atoms with van der Waals surface area (Å²) in [5.74, 6) is 1.30. The predicted molar refractivity (Wildman–Crippen MR) is 80.4 cm³/mol. The molecule has 1 unspecified atom stereocenters. The monoisotopic (exact) mass is 279 g/mol. The van der Waals surface area contributed by atoms with E-state index >= 15 is 0 Å². The lowest BCUT2D eigenvalue weighted by Gasteiger charge is -2.30. The maximum Gasteiger partial charge on any atom is 0.126 e. The van der Waals surface area contributed by atoms with Gasteiger partial charge in [-0.25, -0.2) is 0 Å². The van der Waals surface area contributed by atoms with Crippen LogP contribution in [0.4, 0.5) is 5.69 Å². The molecule has 112 valence electrons. The minimum Gasteiger partial charge on any atom is -0.496 e. The Hall–Kier alpha value is -1.26. The normalized spacial score (nSPS) is 20.5. The van der Waals surface area contributed by atoms with Gasteiger partial charge in [-0.15, -0.1) is 0 Å². The van der Waals surface area contributed by atoms with Gasteiger partial charge in [-0.2, -0.15) is 0 Å². The number of hydrogen-bond acceptors (Lipinski definition) is 4. The first-order chi connectivity index (χ1) is 9.63. The topological polar surface area (TPSA) is 41.9 Å². The molecular weight excluding hydrogens is 254 g/mol. The second-order valence-electron chi connectivity index (χ2n) is 5.53. The summed E-state index contributed by atoms with van der Waals surface area (Å²) in [6.45, 7) is 4.43. The number of benzene rings is 1. The van der Waals surface area contributed by atoms with Gasteiger partial charge in [0.1, 0.15) is 5.75 Å². The Kier molecular flexibility index (Phi) is 5.26. The Morgan fingerprint density at radius 1 is 1.50 bits per heavy atom. The van der Waals surface area contributed by atoms with Crippen molar-refractivity contribution in [3.63, 3.8) is 0 Å². The maximum atomic E-state index is 10.0. The number of ether oxygens (including phenoxy) is 2. The third-order valence-corrected chi connectivity index (χ3v) is 3.88. The van der Waals surface area contributed by atoms with Gasteiger partial charge in [-0.3, -0.25) is 0 Å². The first-order valence-electron chi connectivity index (χ1n) is 7.27. The number of methoxy groups -OCH3 is 1. The minimum absolute atomic E-state index is 0.550. The highest BCUT2D eigenvalue weighted by Gasteiger charge is 2.20. The molecule has 1 aliphatic rings. The van der Waals surface area contributed by atoms with Crippen LogP contribution in [0, 0.1) is 5.92 Å². The molecule has 1 saturated heterocycles. The second kappa shape index (κ2) is 6.95. The average molecular weight is 279 g/mol. The van der Waals surface area contributed by atoms with Crippen LogP contribution in [0.3, 0.4) is 0 Å². The molecule has 0 aromatic heterocycles. The fourth-order valence-corrected chi connectivity index (χ4v) is 2.90. The Labute approximate surface area is 121 Å². The molecule has 1 aromatic carbocycles. The molecule has 0 aliphatic carbocycles. The van der Waals surface area contributed by atoms with E-state index in [4.69, 9.17) is 9.47 Å². The minimum atomic E-state index is -0.550. The summed E-state index contributed by atoms with van der Waals surface area (Å²) < 4.78 is 10.9. The molecule has 1 N–H and O–H groups in total. The molecule has 2 atom stereocenters. The van der Waals surface area contributed by atoms with E-state index in [1.54, 1.807) is 14.0 Å². The van der Waals surface area contributed by atoms with Gasteiger partial charge in [0.05, 0.1) is 19.8 Å². The van der Waals surface area contributed by atoms with Crippen LogP contribution in [0.1, 0.15) is 31.4 Å². The molecule has 0 radical (unpaired) electrons. The van der Waals surface area contributed by atoms with Gasteiger partial charge in [0.25, 0.3) is 0 Å². The van der Waals surface area contributed by atoms with Gasteiger partial charge in [0, 0.05) is 31.5 Å². The van der Waals surface area contributed by atoms with Gasteiger partial charge in [0.2, 0.25) is 0 Å². The van der Waals surface area contributed by atoms with Gasteiger partial charge >= 0.3 is 0 Å². The number of aliphatic hydroxyl groups excluding tert-OH is 1. The summed E-state index contributed by atoms with van der Waals surface area (Å²) >= 11 is 0. The van der Waals surface area contributed by atoms with Gasteiger partial charge < -0.3 is 19.5 Å². The molecule has 20 heavy (non-hydrogen) atoms. The van der Waals surface area contributed by atoms with E-state index in [1.807, 2.05) is 18.2 Å². The molecule has 0 bridgehead atoms. The molecule has 1 heterocycles. The summed E-state index contributed by atoms with van der Waals surface area (Å²) in [5, 5.41) is 10.0. The third kappa shape index (κ3) is 3.44. The van der Waals surface area contributed by atoms with Crippen molar-refractivity contribution in [3.05, 3.63) is 23.8 Å². The van der Waals surface area contributed by atoms with Crippen LogP contribution in [0.25, 0.3) is 0 Å². The van der Waals surface area contributed by atoms with Crippen molar-refractivity contribution in [2.75, 3.05) is 38.8 Å². The van der Waals surface area contributed by atoms with E-state index < -0.39 is 6.10 Å². The zero-order valence-corrected chi connectivity index (χ0v) is 12.6. The van der Waals surface area contributed by atoms with Crippen LogP contribution in [-0.4, -0.2) is 39.0 Å². The fourth-order valence-electron chi connectivity index (χ4n) is 2.90. The summed E-state index contributed by atoms with van der Waals surface area (Å²) in [6, 6.07) is 5.89. The zero-order chi connectivity index (χ0) is 14.5. The molecule has 0 amide bonds. The summed E-state index contributed by atoms with van der Waals surface area (Å²) in [6.07, 6.45) is 1.80. The Bertz CT molecular complexity index is 428. The molecule has 1 aliphatic heterocycles. The van der Waals surface area contributed by atoms with Crippen molar-refractivity contribution in [1.29, 1.82) is 0 Å². The zero-order valence-electron chi connectivity index (χ0n) is 12.6. The van der Waals surface area contributed by atoms with Gasteiger partial charge in [-0.05, 0) is 37.8 Å². The van der Waals surface area contributed by atoms with E-state index in [2.05, 4.69) is 11.9 Å². The number of hydrogen-bond donors (Lipinski definition) is 1. The van der Waals surface area contributed by atoms with Crippen molar-refractivity contribution >= 4 is 5.69 Å². The smallest absolute Gasteiger partial charge is 0.126 e. The molecule has 1 aromatic rings. The maximum absolute atomic E-state index is 10.0. The number of aliphatic hydroxyl groups is 1. The van der Waals surface area contributed by atoms with Crippen LogP contribution in [0.15, 0.2) is 18.2 Å². The van der Waals surface area contributed by atoms with Crippen LogP contribution >= 0.6 is 0 Å². The van der Waals surface area contributed by atoms with E-state index in [0.29, 0.717) is 5.92 Å². The predicted octanol–water partition coefficient (Wildman–Crippen LogP) is 2.61. The van der Waals surface area contributed by atoms with Crippen molar-refractivity contribution in [2.24, 2.45) is 5.92 Å². The number of rotatable bonds is 5. The SMILES string of the molecule is COc1cccc(N(C)CC2CCCOC2)c1[C@@H](C)O. The van der Waals surface area contributed by atoms with Crippen molar-refractivity contribution in [3.8, 4) is 5.75 Å². The van der Waals surface area contributed by atoms with Crippen molar-refractivity contribution in [2.45, 2.75) is 25.9 Å². The lowest BCUT2D eigenvalue weighted by atomic mass is 10.0. The van der Waals surface area contributed by atoms with Crippen molar-refractivity contribution < 1.29 is 14.6 Å². The summed E-state index contributed by atoms with van der Waals surface area (Å²) in [7, 11) is 3.70. The Morgan fingerprint density at radius 3 is 2.90 bits per heavy atom. The standard InChI is InChI=1S/C16H25NO3/c1-12(18)16-14(7-4-8-15(16)19-3)17(2)10-13-6-5-9-20-11-13/h4,7-8,12-13,18H,5-6,9-11H2,1-3H3/t12-,13?/m1/s1. The van der Waals surface area contributed by atoms with Crippen LogP contribution in [0.5, 0.6) is 5.75 Å². The fraction of sp³-hybridized carbons (Fsp3) is 0.625. The second-order valence-corrected chi connectivity index (χ2v) is 5.53. The molecule has 0 saturated carbocycles. The van der Waals surface area contributed by atoms with Gasteiger partial charge in [0.15, 0.2) is 0 Å². The van der Waals surface area contributed by atoms with Crippen LogP contribution in [-0.2, 0) is 4.74 Å². The largest absolute Gasteiger partial charge is 0.496 e. The molecular formula is C16H25NO3. The summed E-state index contributed by atoms with van der Waals surface area (Å²) in [4.78, 5) is 2.20. The van der Waals surface area contributed by atoms with E-state index in [0.717, 1.165) is 43.2 Å². The average Bonchev–Trinajstić information content (AvgIpc) is 2.47. The van der Waals surface area contributed by atoms with E-state index in [9.17, 15) is 5.11 Å². The summed E-state index contributed by atoms with van der Waals surface area (Å²) in [5.41, 5.74) is 1.89. The highest BCUT2D eigenvalue weighted by atomic mass is 16.5. The van der Waals surface area contributed by atoms with Crippen molar-refractivity contribution in [1.82, 2.24) is 0 Å². The Balaban J connectivity index is 2.17. The molecule has 0 spiro atoms. The Morgan fingerprint density at radius 2 is 2.30 bits per heavy atom. The number of anilines is 1. The highest BCUT2D eigenvalue weighted by molar-refractivity contribution is 5.60. The molecule has 2 rings (SSSR count).